The fraction of sp³-hybridized carbons (Fsp3) is 0.500. The van der Waals surface area contributed by atoms with Crippen LogP contribution in [0.2, 0.25) is 0 Å². The highest BCUT2D eigenvalue weighted by Crippen LogP contribution is 2.31. The van der Waals surface area contributed by atoms with E-state index in [-0.39, 0.29) is 16.7 Å². The lowest BCUT2D eigenvalue weighted by Gasteiger charge is -2.23. The number of tetrazole rings is 1. The van der Waals surface area contributed by atoms with Gasteiger partial charge in [0, 0.05) is 12.2 Å². The zero-order valence-electron chi connectivity index (χ0n) is 13.9. The third-order valence-electron chi connectivity index (χ3n) is 3.86. The minimum atomic E-state index is -0.242. The second-order valence-electron chi connectivity index (χ2n) is 6.67. The molecule has 0 N–H and O–H groups in total. The van der Waals surface area contributed by atoms with Gasteiger partial charge in [0.05, 0.1) is 10.8 Å². The first kappa shape index (κ1) is 16.0. The number of rotatable bonds is 3. The number of hydrogen-bond acceptors (Lipinski definition) is 5. The van der Waals surface area contributed by atoms with Crippen LogP contribution in [-0.4, -0.2) is 37.9 Å². The molecule has 7 heteroatoms. The molecule has 1 aromatic heterocycles. The Balaban J connectivity index is 1.76. The van der Waals surface area contributed by atoms with Gasteiger partial charge in [-0.05, 0) is 56.2 Å². The van der Waals surface area contributed by atoms with Crippen LogP contribution in [0.5, 0.6) is 0 Å². The van der Waals surface area contributed by atoms with Gasteiger partial charge in [-0.2, -0.15) is 0 Å². The molecule has 3 rings (SSSR count). The molecule has 0 spiro atoms. The van der Waals surface area contributed by atoms with Gasteiger partial charge < -0.3 is 4.90 Å². The lowest BCUT2D eigenvalue weighted by Crippen LogP contribution is -2.35. The predicted octanol–water partition coefficient (Wildman–Crippen LogP) is 2.50. The van der Waals surface area contributed by atoms with E-state index < -0.39 is 0 Å². The Morgan fingerprint density at radius 2 is 2.04 bits per heavy atom. The number of nitrogens with zero attached hydrogens (tertiary/aromatic N) is 5. The number of aromatic nitrogens is 4. The number of para-hydroxylation sites is 1. The Hall–Kier alpha value is -1.89. The van der Waals surface area contributed by atoms with Gasteiger partial charge in [-0.1, -0.05) is 30.0 Å². The summed E-state index contributed by atoms with van der Waals surface area (Å²) in [5.41, 5.74) is 2.05. The third-order valence-corrected chi connectivity index (χ3v) is 4.88. The number of thioether (sulfide) groups is 1. The minimum absolute atomic E-state index is 0.100. The number of carbonyl (C=O) groups excluding carboxylic acids is 1. The van der Waals surface area contributed by atoms with Gasteiger partial charge in [0.1, 0.15) is 0 Å². The molecule has 1 aliphatic heterocycles. The van der Waals surface area contributed by atoms with E-state index in [0.717, 1.165) is 18.7 Å². The van der Waals surface area contributed by atoms with Crippen LogP contribution < -0.4 is 4.90 Å². The number of hydrogen-bond donors (Lipinski definition) is 0. The summed E-state index contributed by atoms with van der Waals surface area (Å²) in [6.07, 6.45) is 0.916. The number of anilines is 1. The molecule has 0 saturated heterocycles. The van der Waals surface area contributed by atoms with E-state index in [2.05, 4.69) is 21.6 Å². The molecule has 2 aromatic rings. The van der Waals surface area contributed by atoms with Gasteiger partial charge in [-0.25, -0.2) is 4.68 Å². The molecule has 1 aliphatic rings. The summed E-state index contributed by atoms with van der Waals surface area (Å²) < 4.78 is 1.76. The van der Waals surface area contributed by atoms with Crippen molar-refractivity contribution in [2.45, 2.75) is 50.1 Å². The number of amides is 1. The molecule has 2 heterocycles. The van der Waals surface area contributed by atoms with Gasteiger partial charge in [0.15, 0.2) is 0 Å². The number of carbonyl (C=O) groups is 1. The summed E-state index contributed by atoms with van der Waals surface area (Å²) in [5.74, 6) is 0.100. The Kier molecular flexibility index (Phi) is 4.14. The van der Waals surface area contributed by atoms with Gasteiger partial charge in [0.2, 0.25) is 11.1 Å². The average molecular weight is 331 g/mol. The molecule has 23 heavy (non-hydrogen) atoms. The van der Waals surface area contributed by atoms with E-state index in [9.17, 15) is 4.79 Å². The van der Waals surface area contributed by atoms with E-state index in [4.69, 9.17) is 0 Å². The summed E-state index contributed by atoms with van der Waals surface area (Å²) in [7, 11) is 0. The summed E-state index contributed by atoms with van der Waals surface area (Å²) in [4.78, 5) is 14.7. The standard InChI is InChI=1S/C16H21N5OS/c1-11(23-15-17-18-19-21(15)16(2,3)4)14(22)20-10-9-12-7-5-6-8-13(12)20/h5-8,11H,9-10H2,1-4H3/t11-/m0/s1. The second-order valence-corrected chi connectivity index (χ2v) is 7.98. The summed E-state index contributed by atoms with van der Waals surface area (Å²) in [6.45, 7) is 8.77. The van der Waals surface area contributed by atoms with E-state index >= 15 is 0 Å². The van der Waals surface area contributed by atoms with Crippen molar-refractivity contribution in [3.8, 4) is 0 Å². The lowest BCUT2D eigenvalue weighted by atomic mass is 10.1. The first-order valence-electron chi connectivity index (χ1n) is 7.73. The third kappa shape index (κ3) is 3.10. The predicted molar refractivity (Wildman–Crippen MR) is 90.6 cm³/mol. The zero-order chi connectivity index (χ0) is 16.6. The lowest BCUT2D eigenvalue weighted by molar-refractivity contribution is -0.117. The molecule has 0 unspecified atom stereocenters. The fourth-order valence-electron chi connectivity index (χ4n) is 2.67. The van der Waals surface area contributed by atoms with E-state index in [0.29, 0.717) is 5.16 Å². The van der Waals surface area contributed by atoms with E-state index in [1.54, 1.807) is 4.68 Å². The average Bonchev–Trinajstić information content (AvgIpc) is 3.12. The van der Waals surface area contributed by atoms with Crippen molar-refractivity contribution in [3.05, 3.63) is 29.8 Å². The first-order valence-corrected chi connectivity index (χ1v) is 8.60. The highest BCUT2D eigenvalue weighted by atomic mass is 32.2. The summed E-state index contributed by atoms with van der Waals surface area (Å²) >= 11 is 1.41. The Labute approximate surface area is 140 Å². The minimum Gasteiger partial charge on any atom is -0.311 e. The van der Waals surface area contributed by atoms with Crippen LogP contribution in [0.1, 0.15) is 33.3 Å². The zero-order valence-corrected chi connectivity index (χ0v) is 14.7. The SMILES string of the molecule is C[C@H](Sc1nnnn1C(C)(C)C)C(=O)N1CCc2ccccc21. The van der Waals surface area contributed by atoms with Gasteiger partial charge >= 0.3 is 0 Å². The highest BCUT2D eigenvalue weighted by molar-refractivity contribution is 8.00. The molecule has 122 valence electrons. The van der Waals surface area contributed by atoms with Crippen molar-refractivity contribution >= 4 is 23.4 Å². The van der Waals surface area contributed by atoms with E-state index in [1.807, 2.05) is 50.8 Å². The molecule has 0 fully saturated rings. The number of benzene rings is 1. The van der Waals surface area contributed by atoms with Crippen LogP contribution in [0.15, 0.2) is 29.4 Å². The number of fused-ring (bicyclic) bond motifs is 1. The molecule has 1 amide bonds. The van der Waals surface area contributed by atoms with Gasteiger partial charge in [-0.15, -0.1) is 5.10 Å². The molecule has 0 aliphatic carbocycles. The molecule has 1 atom stereocenters. The van der Waals surface area contributed by atoms with Crippen LogP contribution in [-0.2, 0) is 16.8 Å². The van der Waals surface area contributed by atoms with Crippen LogP contribution in [0, 0.1) is 0 Å². The highest BCUT2D eigenvalue weighted by Gasteiger charge is 2.30. The summed E-state index contributed by atoms with van der Waals surface area (Å²) in [6, 6.07) is 8.09. The Morgan fingerprint density at radius 3 is 2.78 bits per heavy atom. The van der Waals surface area contributed by atoms with Crippen LogP contribution >= 0.6 is 11.8 Å². The maximum atomic E-state index is 12.8. The van der Waals surface area contributed by atoms with Crippen LogP contribution in [0.3, 0.4) is 0 Å². The van der Waals surface area contributed by atoms with Crippen molar-refractivity contribution in [1.82, 2.24) is 20.2 Å². The topological polar surface area (TPSA) is 63.9 Å². The van der Waals surface area contributed by atoms with Crippen molar-refractivity contribution < 1.29 is 4.79 Å². The largest absolute Gasteiger partial charge is 0.311 e. The van der Waals surface area contributed by atoms with Crippen molar-refractivity contribution in [2.24, 2.45) is 0 Å². The van der Waals surface area contributed by atoms with E-state index in [1.165, 1.54) is 17.3 Å². The molecule has 0 bridgehead atoms. The van der Waals surface area contributed by atoms with Crippen molar-refractivity contribution in [1.29, 1.82) is 0 Å². The second kappa shape index (κ2) is 5.96. The summed E-state index contributed by atoms with van der Waals surface area (Å²) in [5, 5.41) is 12.3. The van der Waals surface area contributed by atoms with Gasteiger partial charge in [-0.3, -0.25) is 4.79 Å². The molecule has 0 saturated carbocycles. The monoisotopic (exact) mass is 331 g/mol. The van der Waals surface area contributed by atoms with Crippen molar-refractivity contribution in [3.63, 3.8) is 0 Å². The fourth-order valence-corrected chi connectivity index (χ4v) is 3.71. The van der Waals surface area contributed by atoms with Gasteiger partial charge in [0.25, 0.3) is 0 Å². The maximum absolute atomic E-state index is 12.8. The Bertz CT molecular complexity index is 721. The quantitative estimate of drug-likeness (QED) is 0.809. The molecule has 6 nitrogen and oxygen atoms in total. The normalized spacial score (nSPS) is 15.6. The smallest absolute Gasteiger partial charge is 0.240 e. The molecule has 1 aromatic carbocycles. The molecule has 0 radical (unpaired) electrons. The van der Waals surface area contributed by atoms with Crippen LogP contribution in [0.4, 0.5) is 5.69 Å². The maximum Gasteiger partial charge on any atom is 0.240 e. The van der Waals surface area contributed by atoms with Crippen molar-refractivity contribution in [2.75, 3.05) is 11.4 Å². The Morgan fingerprint density at radius 1 is 1.30 bits per heavy atom. The molecular formula is C16H21N5OS. The first-order chi connectivity index (χ1) is 10.9. The van der Waals surface area contributed by atoms with Crippen LogP contribution in [0.25, 0.3) is 0 Å². The molecular weight excluding hydrogens is 310 g/mol.